The van der Waals surface area contributed by atoms with Gasteiger partial charge in [0.05, 0.1) is 17.5 Å². The summed E-state index contributed by atoms with van der Waals surface area (Å²) in [6.07, 6.45) is 1.97. The van der Waals surface area contributed by atoms with E-state index in [4.69, 9.17) is 5.11 Å². The van der Waals surface area contributed by atoms with Crippen molar-refractivity contribution in [2.24, 2.45) is 5.92 Å². The van der Waals surface area contributed by atoms with Crippen molar-refractivity contribution >= 4 is 35.4 Å². The topological polar surface area (TPSA) is 96.6 Å². The standard InChI is InChI=1S/C20H28N4O4.ClH/c1-14(2)23-16-5-3-4-6-17(16)24(20(23)28)19(27)21-13-15-7-10-22(11-8-15)12-9-18(25)26;/h3-6,14-15H,7-13H2,1-2H3,(H,21,27)(H,25,26);1H. The number of carboxylic acid groups (broad SMARTS) is 1. The Balaban J connectivity index is 0.00000300. The fraction of sp³-hybridized carbons (Fsp3) is 0.550. The number of amides is 1. The average Bonchev–Trinajstić information content (AvgIpc) is 2.97. The number of para-hydroxylation sites is 2. The van der Waals surface area contributed by atoms with E-state index in [1.165, 1.54) is 4.57 Å². The zero-order chi connectivity index (χ0) is 20.3. The molecule has 0 radical (unpaired) electrons. The smallest absolute Gasteiger partial charge is 0.337 e. The maximum absolute atomic E-state index is 12.8. The lowest BCUT2D eigenvalue weighted by Crippen LogP contribution is -2.42. The second-order valence-electron chi connectivity index (χ2n) is 7.69. The number of carboxylic acids is 1. The Bertz CT molecular complexity index is 913. The van der Waals surface area contributed by atoms with Crippen LogP contribution in [0.1, 0.15) is 39.2 Å². The zero-order valence-electron chi connectivity index (χ0n) is 16.8. The van der Waals surface area contributed by atoms with E-state index in [0.29, 0.717) is 24.5 Å². The molecule has 29 heavy (non-hydrogen) atoms. The molecule has 160 valence electrons. The first kappa shape index (κ1) is 23.0. The van der Waals surface area contributed by atoms with Crippen molar-refractivity contribution < 1.29 is 14.7 Å². The number of likely N-dealkylation sites (tertiary alicyclic amines) is 1. The summed E-state index contributed by atoms with van der Waals surface area (Å²) in [4.78, 5) is 38.4. The van der Waals surface area contributed by atoms with E-state index in [2.05, 4.69) is 10.2 Å². The third-order valence-corrected chi connectivity index (χ3v) is 5.39. The molecule has 0 aliphatic carbocycles. The van der Waals surface area contributed by atoms with Crippen LogP contribution in [-0.4, -0.2) is 57.3 Å². The number of hydrogen-bond acceptors (Lipinski definition) is 4. The predicted octanol–water partition coefficient (Wildman–Crippen LogP) is 2.55. The Morgan fingerprint density at radius 3 is 2.38 bits per heavy atom. The normalized spacial score (nSPS) is 15.4. The minimum Gasteiger partial charge on any atom is -0.481 e. The van der Waals surface area contributed by atoms with Gasteiger partial charge in [-0.05, 0) is 57.8 Å². The first-order chi connectivity index (χ1) is 13.4. The van der Waals surface area contributed by atoms with Gasteiger partial charge in [0.1, 0.15) is 0 Å². The number of rotatable bonds is 6. The Labute approximate surface area is 175 Å². The lowest BCUT2D eigenvalue weighted by Gasteiger charge is -2.31. The molecule has 1 aromatic heterocycles. The van der Waals surface area contributed by atoms with Gasteiger partial charge in [-0.2, -0.15) is 0 Å². The van der Waals surface area contributed by atoms with Crippen molar-refractivity contribution in [2.75, 3.05) is 26.2 Å². The number of piperidine rings is 1. The molecule has 0 unspecified atom stereocenters. The summed E-state index contributed by atoms with van der Waals surface area (Å²) < 4.78 is 2.85. The zero-order valence-corrected chi connectivity index (χ0v) is 17.7. The van der Waals surface area contributed by atoms with Gasteiger partial charge in [0.25, 0.3) is 0 Å². The minimum absolute atomic E-state index is 0. The Morgan fingerprint density at radius 1 is 1.17 bits per heavy atom. The molecule has 0 bridgehead atoms. The van der Waals surface area contributed by atoms with Crippen LogP contribution in [0.4, 0.5) is 4.79 Å². The summed E-state index contributed by atoms with van der Waals surface area (Å²) in [5, 5.41) is 11.7. The quantitative estimate of drug-likeness (QED) is 0.742. The van der Waals surface area contributed by atoms with Crippen LogP contribution in [0.3, 0.4) is 0 Å². The summed E-state index contributed by atoms with van der Waals surface area (Å²) in [5.74, 6) is -0.445. The van der Waals surface area contributed by atoms with Crippen LogP contribution >= 0.6 is 12.4 Å². The lowest BCUT2D eigenvalue weighted by atomic mass is 9.97. The third kappa shape index (κ3) is 5.19. The van der Waals surface area contributed by atoms with Crippen molar-refractivity contribution in [1.29, 1.82) is 0 Å². The number of aromatic nitrogens is 2. The van der Waals surface area contributed by atoms with Crippen molar-refractivity contribution in [2.45, 2.75) is 39.2 Å². The molecule has 0 saturated carbocycles. The number of benzene rings is 1. The maximum atomic E-state index is 12.8. The second-order valence-corrected chi connectivity index (χ2v) is 7.69. The SMILES string of the molecule is CC(C)n1c(=O)n(C(=O)NCC2CCN(CCC(=O)O)CC2)c2ccccc21.Cl. The molecule has 1 aliphatic heterocycles. The van der Waals surface area contributed by atoms with Crippen LogP contribution in [0, 0.1) is 5.92 Å². The van der Waals surface area contributed by atoms with E-state index in [0.717, 1.165) is 31.4 Å². The molecule has 1 fully saturated rings. The predicted molar refractivity (Wildman–Crippen MR) is 114 cm³/mol. The molecule has 8 nitrogen and oxygen atoms in total. The fourth-order valence-corrected chi connectivity index (χ4v) is 3.84. The van der Waals surface area contributed by atoms with Gasteiger partial charge < -0.3 is 15.3 Å². The van der Waals surface area contributed by atoms with Crippen LogP contribution < -0.4 is 11.0 Å². The van der Waals surface area contributed by atoms with Crippen LogP contribution in [0.2, 0.25) is 0 Å². The molecule has 0 atom stereocenters. The largest absolute Gasteiger partial charge is 0.481 e. The molecule has 1 aliphatic rings. The molecule has 1 amide bonds. The highest BCUT2D eigenvalue weighted by Gasteiger charge is 2.23. The number of imidazole rings is 1. The van der Waals surface area contributed by atoms with E-state index in [1.807, 2.05) is 32.0 Å². The molecule has 1 aromatic carbocycles. The van der Waals surface area contributed by atoms with E-state index in [-0.39, 0.29) is 30.6 Å². The molecule has 2 N–H and O–H groups in total. The molecule has 3 rings (SSSR count). The Morgan fingerprint density at radius 2 is 1.79 bits per heavy atom. The summed E-state index contributed by atoms with van der Waals surface area (Å²) in [6.45, 7) is 6.60. The third-order valence-electron chi connectivity index (χ3n) is 5.39. The summed E-state index contributed by atoms with van der Waals surface area (Å²) >= 11 is 0. The first-order valence-corrected chi connectivity index (χ1v) is 9.82. The van der Waals surface area contributed by atoms with Gasteiger partial charge in [-0.15, -0.1) is 12.4 Å². The van der Waals surface area contributed by atoms with Gasteiger partial charge >= 0.3 is 17.7 Å². The van der Waals surface area contributed by atoms with Crippen LogP contribution in [0.5, 0.6) is 0 Å². The number of hydrogen-bond donors (Lipinski definition) is 2. The highest BCUT2D eigenvalue weighted by atomic mass is 35.5. The summed E-state index contributed by atoms with van der Waals surface area (Å²) in [5.41, 5.74) is 1.05. The van der Waals surface area contributed by atoms with Crippen molar-refractivity contribution in [3.05, 3.63) is 34.7 Å². The Kier molecular flexibility index (Phi) is 7.87. The monoisotopic (exact) mass is 424 g/mol. The summed E-state index contributed by atoms with van der Waals surface area (Å²) in [7, 11) is 0. The molecule has 2 heterocycles. The average molecular weight is 425 g/mol. The van der Waals surface area contributed by atoms with Crippen LogP contribution in [0.15, 0.2) is 29.1 Å². The van der Waals surface area contributed by atoms with Crippen molar-refractivity contribution in [3.63, 3.8) is 0 Å². The number of carbonyl (C=O) groups excluding carboxylic acids is 1. The molecular formula is C20H29ClN4O4. The fourth-order valence-electron chi connectivity index (χ4n) is 3.84. The number of carbonyl (C=O) groups is 2. The van der Waals surface area contributed by atoms with Crippen molar-refractivity contribution in [3.8, 4) is 0 Å². The van der Waals surface area contributed by atoms with Gasteiger partial charge in [-0.1, -0.05) is 12.1 Å². The number of halogens is 1. The van der Waals surface area contributed by atoms with Crippen molar-refractivity contribution in [1.82, 2.24) is 19.4 Å². The second kappa shape index (κ2) is 9.93. The van der Waals surface area contributed by atoms with Crippen LogP contribution in [-0.2, 0) is 4.79 Å². The number of aliphatic carboxylic acids is 1. The molecule has 2 aromatic rings. The van der Waals surface area contributed by atoms with Gasteiger partial charge in [0, 0.05) is 19.1 Å². The van der Waals surface area contributed by atoms with Gasteiger partial charge in [0.2, 0.25) is 0 Å². The van der Waals surface area contributed by atoms with Gasteiger partial charge in [0.15, 0.2) is 0 Å². The highest BCUT2D eigenvalue weighted by Crippen LogP contribution is 2.18. The van der Waals surface area contributed by atoms with E-state index >= 15 is 0 Å². The van der Waals surface area contributed by atoms with Gasteiger partial charge in [-0.25, -0.2) is 14.2 Å². The molecule has 1 saturated heterocycles. The van der Waals surface area contributed by atoms with Crippen LogP contribution in [0.25, 0.3) is 11.0 Å². The van der Waals surface area contributed by atoms with Gasteiger partial charge in [-0.3, -0.25) is 9.36 Å². The first-order valence-electron chi connectivity index (χ1n) is 9.82. The number of nitrogens with zero attached hydrogens (tertiary/aromatic N) is 3. The highest BCUT2D eigenvalue weighted by molar-refractivity contribution is 5.89. The Hall–Kier alpha value is -2.32. The molecule has 9 heteroatoms. The number of nitrogens with one attached hydrogen (secondary N) is 1. The lowest BCUT2D eigenvalue weighted by molar-refractivity contribution is -0.137. The van der Waals surface area contributed by atoms with E-state index < -0.39 is 12.0 Å². The maximum Gasteiger partial charge on any atom is 0.337 e. The summed E-state index contributed by atoms with van der Waals surface area (Å²) in [6, 6.07) is 6.89. The number of fused-ring (bicyclic) bond motifs is 1. The minimum atomic E-state index is -0.777. The molecular weight excluding hydrogens is 396 g/mol. The van der Waals surface area contributed by atoms with E-state index in [9.17, 15) is 14.4 Å². The van der Waals surface area contributed by atoms with E-state index in [1.54, 1.807) is 10.6 Å². The molecule has 0 spiro atoms.